The third-order valence-electron chi connectivity index (χ3n) is 6.65. The molecule has 0 radical (unpaired) electrons. The zero-order valence-corrected chi connectivity index (χ0v) is 38.3. The molecule has 276 valence electrons. The van der Waals surface area contributed by atoms with Gasteiger partial charge >= 0.3 is 88.7 Å². The van der Waals surface area contributed by atoms with E-state index < -0.39 is 79.7 Å². The number of non-ortho nitro benzene ring substituents is 2. The number of aromatic hydroxyl groups is 3. The van der Waals surface area contributed by atoms with E-state index in [1.165, 1.54) is 23.7 Å². The number of aryl methyl sites for hydroxylation is 1. The van der Waals surface area contributed by atoms with E-state index in [9.17, 15) is 57.2 Å². The maximum Gasteiger partial charge on any atom is 1.00 e. The molecule has 1 heterocycles. The second-order valence-electron chi connectivity index (χ2n) is 10.2. The summed E-state index contributed by atoms with van der Waals surface area (Å²) in [6.07, 6.45) is 1.09. The number of aromatic nitrogens is 2. The summed E-state index contributed by atoms with van der Waals surface area (Å²) >= 11 is 0. The summed E-state index contributed by atoms with van der Waals surface area (Å²) in [6.45, 7) is 1.53. The third kappa shape index (κ3) is 13.1. The van der Waals surface area contributed by atoms with E-state index in [-0.39, 0.29) is 123 Å². The van der Waals surface area contributed by atoms with E-state index in [4.69, 9.17) is 9.11 Å². The van der Waals surface area contributed by atoms with Crippen LogP contribution in [-0.4, -0.2) is 67.1 Å². The van der Waals surface area contributed by atoms with Crippen LogP contribution in [0.3, 0.4) is 0 Å². The number of H-pyrrole nitrogens is 1. The summed E-state index contributed by atoms with van der Waals surface area (Å²) in [5, 5.41) is 61.4. The van der Waals surface area contributed by atoms with Crippen LogP contribution in [0.4, 0.5) is 28.4 Å². The Morgan fingerprint density at radius 1 is 0.732 bits per heavy atom. The molecule has 0 aliphatic rings. The number of nitro groups is 2. The number of nitrogens with one attached hydrogen (secondary N) is 1. The number of azo groups is 1. The van der Waals surface area contributed by atoms with Crippen LogP contribution in [0, 0.1) is 27.2 Å². The van der Waals surface area contributed by atoms with E-state index in [2.05, 4.69) is 20.3 Å². The Kier molecular flexibility index (Phi) is 20.7. The maximum atomic E-state index is 12.6. The van der Waals surface area contributed by atoms with Crippen molar-refractivity contribution < 1.29 is 157 Å². The van der Waals surface area contributed by atoms with Crippen LogP contribution in [0.2, 0.25) is 0 Å². The second-order valence-corrected chi connectivity index (χ2v) is 12.9. The summed E-state index contributed by atoms with van der Waals surface area (Å²) < 4.78 is 64.5. The molecule has 0 aliphatic carbocycles. The molecule has 0 unspecified atom stereocenters. The van der Waals surface area contributed by atoms with Crippen molar-refractivity contribution in [2.24, 2.45) is 15.2 Å². The van der Waals surface area contributed by atoms with Crippen molar-refractivity contribution in [2.45, 2.75) is 16.7 Å². The minimum atomic E-state index is -4.97. The molecule has 21 nitrogen and oxygen atoms in total. The van der Waals surface area contributed by atoms with Gasteiger partial charge in [-0.05, 0) is 31.2 Å². The molecule has 0 amide bonds. The molecule has 0 fully saturated rings. The Hall–Kier alpha value is -3.29. The Morgan fingerprint density at radius 3 is 1.68 bits per heavy atom. The number of phenols is 3. The van der Waals surface area contributed by atoms with Gasteiger partial charge in [-0.25, -0.2) is 4.68 Å². The van der Waals surface area contributed by atoms with Gasteiger partial charge in [0.05, 0.1) is 21.2 Å². The van der Waals surface area contributed by atoms with Crippen LogP contribution in [0.1, 0.15) is 11.3 Å². The van der Waals surface area contributed by atoms with Crippen LogP contribution in [0.25, 0.3) is 5.69 Å². The van der Waals surface area contributed by atoms with E-state index >= 15 is 0 Å². The molecule has 0 atom stereocenters. The first kappa shape index (κ1) is 52.7. The SMILES string of the molecule is Cc1[nH]n(-c2ccccc2)c(=O)c1N=Nc1cc([N+](=O)[O-])cc(S(=O)(=O)O)c1O.O=[N+]([O-])c1cc(N=Cc2ccccc2O)c(O)c(S(=O)(=O)O)c1.[Cr].[Na+].[Na+].[Na+]. The van der Waals surface area contributed by atoms with Crippen molar-refractivity contribution in [1.29, 1.82) is 0 Å². The normalized spacial score (nSPS) is 10.9. The number of nitrogens with zero attached hydrogens (tertiary/aromatic N) is 6. The fourth-order valence-electron chi connectivity index (χ4n) is 4.19. The van der Waals surface area contributed by atoms with E-state index in [0.29, 0.717) is 23.5 Å². The van der Waals surface area contributed by atoms with Crippen LogP contribution in [0.5, 0.6) is 17.2 Å². The minimum absolute atomic E-state index is 0. The van der Waals surface area contributed by atoms with Crippen molar-refractivity contribution in [3.63, 3.8) is 0 Å². The van der Waals surface area contributed by atoms with Gasteiger partial charge in [0.2, 0.25) is 0 Å². The number of aliphatic imine (C=N–C) groups is 1. The first-order chi connectivity index (χ1) is 24.3. The van der Waals surface area contributed by atoms with Crippen molar-refractivity contribution in [2.75, 3.05) is 0 Å². The predicted octanol–water partition coefficient (Wildman–Crippen LogP) is -4.24. The molecule has 1 aromatic heterocycles. The molecule has 5 aromatic rings. The Labute approximate surface area is 393 Å². The topological polar surface area (TPSA) is 331 Å². The first-order valence-electron chi connectivity index (χ1n) is 13.9. The fraction of sp³-hybridized carbons (Fsp3) is 0.0345. The predicted molar refractivity (Wildman–Crippen MR) is 180 cm³/mol. The zero-order valence-electron chi connectivity index (χ0n) is 29.4. The van der Waals surface area contributed by atoms with E-state index in [0.717, 1.165) is 18.3 Å². The number of hydrogen-bond acceptors (Lipinski definition) is 15. The molecule has 56 heavy (non-hydrogen) atoms. The minimum Gasteiger partial charge on any atom is -0.507 e. The van der Waals surface area contributed by atoms with Gasteiger partial charge in [0, 0.05) is 53.4 Å². The molecule has 4 aromatic carbocycles. The quantitative estimate of drug-likeness (QED) is 0.0204. The van der Waals surface area contributed by atoms with Crippen LogP contribution >= 0.6 is 0 Å². The monoisotopic (exact) mass is 878 g/mol. The number of hydrogen-bond donors (Lipinski definition) is 6. The summed E-state index contributed by atoms with van der Waals surface area (Å²) in [6, 6.07) is 17.1. The zero-order chi connectivity index (χ0) is 38.5. The summed E-state index contributed by atoms with van der Waals surface area (Å²) in [4.78, 5) is 34.2. The summed E-state index contributed by atoms with van der Waals surface area (Å²) in [7, 11) is -9.85. The van der Waals surface area contributed by atoms with Gasteiger partial charge in [0.15, 0.2) is 17.2 Å². The molecule has 0 bridgehead atoms. The number of phenolic OH excluding ortho intramolecular Hbond substituents is 3. The number of nitro benzene ring substituents is 2. The third-order valence-corrected chi connectivity index (χ3v) is 8.38. The molecule has 5 rings (SSSR count). The fourth-order valence-corrected chi connectivity index (χ4v) is 5.43. The molecular formula is C29H23CrN7Na3O14S2+3. The van der Waals surface area contributed by atoms with Crippen LogP contribution in [0.15, 0.2) is 109 Å². The summed E-state index contributed by atoms with van der Waals surface area (Å²) in [5.74, 6) is -2.11. The largest absolute Gasteiger partial charge is 1.00 e. The van der Waals surface area contributed by atoms with Crippen LogP contribution in [-0.2, 0) is 37.6 Å². The molecule has 0 saturated heterocycles. The standard InChI is InChI=1S/C16H13N5O7S.C13H10N2O7S.Cr.3Na/c1-9-14(16(23)20(19-9)10-5-3-2-4-6-10)18-17-12-7-11(21(24)25)8-13(15(12)22)29(26,27)28;16-11-4-2-1-3-8(11)7-14-10-5-9(15(18)19)6-12(13(10)17)23(20,21)22;;;;/h2-8,19,22H,1H3,(H,26,27,28);1-7,16-17H,(H,20,21,22);;;;/q;;;3*+1. The van der Waals surface area contributed by atoms with Gasteiger partial charge in [-0.1, -0.05) is 30.3 Å². The van der Waals surface area contributed by atoms with Gasteiger partial charge in [-0.15, -0.1) is 10.2 Å². The maximum absolute atomic E-state index is 12.6. The first-order valence-corrected chi connectivity index (χ1v) is 16.8. The van der Waals surface area contributed by atoms with Crippen LogP contribution < -0.4 is 94.2 Å². The molecule has 27 heteroatoms. The van der Waals surface area contributed by atoms with Gasteiger partial charge in [0.25, 0.3) is 37.2 Å². The van der Waals surface area contributed by atoms with E-state index in [1.54, 1.807) is 42.5 Å². The molecule has 6 N–H and O–H groups in total. The van der Waals surface area contributed by atoms with Crippen molar-refractivity contribution >= 4 is 54.9 Å². The van der Waals surface area contributed by atoms with Crippen molar-refractivity contribution in [3.8, 4) is 22.9 Å². The Balaban J connectivity index is 0.00000103. The summed E-state index contributed by atoms with van der Waals surface area (Å²) in [5.41, 5.74) is -2.17. The molecule has 0 spiro atoms. The van der Waals surface area contributed by atoms with Gasteiger partial charge in [-0.3, -0.25) is 44.2 Å². The molecule has 0 aliphatic heterocycles. The number of para-hydroxylation sites is 2. The molecule has 0 saturated carbocycles. The second kappa shape index (κ2) is 22.0. The number of aromatic amines is 1. The van der Waals surface area contributed by atoms with Gasteiger partial charge in [0.1, 0.15) is 26.9 Å². The number of benzene rings is 4. The van der Waals surface area contributed by atoms with Gasteiger partial charge < -0.3 is 15.3 Å². The number of rotatable bonds is 9. The van der Waals surface area contributed by atoms with Crippen molar-refractivity contribution in [3.05, 3.63) is 121 Å². The average molecular weight is 879 g/mol. The van der Waals surface area contributed by atoms with Gasteiger partial charge in [-0.2, -0.15) is 16.8 Å². The smallest absolute Gasteiger partial charge is 0.507 e. The Bertz CT molecular complexity index is 2570. The Morgan fingerprint density at radius 2 is 1.20 bits per heavy atom. The average Bonchev–Trinajstić information content (AvgIpc) is 3.36. The van der Waals surface area contributed by atoms with E-state index in [1.807, 2.05) is 0 Å². The van der Waals surface area contributed by atoms with Crippen molar-refractivity contribution in [1.82, 2.24) is 9.78 Å². The molecular weight excluding hydrogens is 855 g/mol.